The lowest BCUT2D eigenvalue weighted by molar-refractivity contribution is 0.423. The summed E-state index contributed by atoms with van der Waals surface area (Å²) in [5.41, 5.74) is 6.37. The van der Waals surface area contributed by atoms with Crippen LogP contribution < -0.4 is 5.32 Å². The van der Waals surface area contributed by atoms with Gasteiger partial charge < -0.3 is 10.4 Å². The van der Waals surface area contributed by atoms with Crippen LogP contribution in [0, 0.1) is 6.92 Å². The molecule has 0 saturated heterocycles. The Hall–Kier alpha value is -3.27. The number of para-hydroxylation sites is 1. The van der Waals surface area contributed by atoms with Gasteiger partial charge in [-0.25, -0.2) is 4.98 Å². The Kier molecular flexibility index (Phi) is 5.28. The van der Waals surface area contributed by atoms with E-state index in [9.17, 15) is 5.11 Å². The van der Waals surface area contributed by atoms with Gasteiger partial charge in [-0.05, 0) is 59.7 Å². The van der Waals surface area contributed by atoms with Crippen LogP contribution in [0.1, 0.15) is 58.2 Å². The van der Waals surface area contributed by atoms with E-state index in [1.807, 2.05) is 18.2 Å². The highest BCUT2D eigenvalue weighted by atomic mass is 16.3. The predicted octanol–water partition coefficient (Wildman–Crippen LogP) is 7.35. The van der Waals surface area contributed by atoms with E-state index in [1.54, 1.807) is 0 Å². The van der Waals surface area contributed by atoms with Crippen LogP contribution in [-0.4, -0.2) is 14.5 Å². The summed E-state index contributed by atoms with van der Waals surface area (Å²) < 4.78 is 2.09. The molecule has 32 heavy (non-hydrogen) atoms. The average Bonchev–Trinajstić information content (AvgIpc) is 3.04. The average molecular weight is 428 g/mol. The summed E-state index contributed by atoms with van der Waals surface area (Å²) in [7, 11) is 0. The molecule has 4 aromatic rings. The number of aryl methyl sites for hydroxylation is 1. The molecule has 0 bridgehead atoms. The highest BCUT2D eigenvalue weighted by molar-refractivity contribution is 5.81. The van der Waals surface area contributed by atoms with E-state index >= 15 is 0 Å². The second kappa shape index (κ2) is 7.70. The zero-order chi connectivity index (χ0) is 23.3. The van der Waals surface area contributed by atoms with E-state index in [-0.39, 0.29) is 10.8 Å². The third-order valence-electron chi connectivity index (χ3n) is 5.82. The van der Waals surface area contributed by atoms with Crippen LogP contribution in [0.15, 0.2) is 60.8 Å². The summed E-state index contributed by atoms with van der Waals surface area (Å²) in [6, 6.07) is 18.5. The Bertz CT molecular complexity index is 1240. The molecular formula is C28H33N3O. The smallest absolute Gasteiger partial charge is 0.143 e. The largest absolute Gasteiger partial charge is 0.507 e. The Labute approximate surface area is 191 Å². The minimum absolute atomic E-state index is 0.205. The summed E-state index contributed by atoms with van der Waals surface area (Å²) in [4.78, 5) is 5.03. The van der Waals surface area contributed by atoms with Gasteiger partial charge >= 0.3 is 0 Å². The molecule has 0 aliphatic rings. The first-order valence-corrected chi connectivity index (χ1v) is 11.1. The number of anilines is 2. The first-order valence-electron chi connectivity index (χ1n) is 11.1. The molecule has 2 aromatic heterocycles. The van der Waals surface area contributed by atoms with Crippen molar-refractivity contribution in [2.24, 2.45) is 0 Å². The lowest BCUT2D eigenvalue weighted by Gasteiger charge is -2.28. The van der Waals surface area contributed by atoms with Crippen LogP contribution in [-0.2, 0) is 10.8 Å². The highest BCUT2D eigenvalue weighted by Gasteiger charge is 2.28. The van der Waals surface area contributed by atoms with Crippen LogP contribution in [0.3, 0.4) is 0 Å². The molecule has 2 aromatic carbocycles. The second-order valence-corrected chi connectivity index (χ2v) is 10.7. The predicted molar refractivity (Wildman–Crippen MR) is 134 cm³/mol. The number of nitrogens with zero attached hydrogens (tertiary/aromatic N) is 2. The highest BCUT2D eigenvalue weighted by Crippen LogP contribution is 2.43. The van der Waals surface area contributed by atoms with Crippen LogP contribution in [0.2, 0.25) is 0 Å². The molecule has 0 radical (unpaired) electrons. The van der Waals surface area contributed by atoms with E-state index in [0.29, 0.717) is 5.75 Å². The number of aromatic nitrogens is 2. The van der Waals surface area contributed by atoms with Crippen molar-refractivity contribution in [3.05, 3.63) is 77.5 Å². The van der Waals surface area contributed by atoms with Crippen LogP contribution in [0.25, 0.3) is 16.9 Å². The number of benzene rings is 2. The topological polar surface area (TPSA) is 49.6 Å². The molecule has 4 nitrogen and oxygen atoms in total. The Morgan fingerprint density at radius 2 is 1.44 bits per heavy atom. The van der Waals surface area contributed by atoms with Gasteiger partial charge in [-0.15, -0.1) is 0 Å². The van der Waals surface area contributed by atoms with Gasteiger partial charge in [-0.3, -0.25) is 4.40 Å². The summed E-state index contributed by atoms with van der Waals surface area (Å²) in [6.07, 6.45) is 2.06. The molecule has 0 fully saturated rings. The van der Waals surface area contributed by atoms with Gasteiger partial charge in [0.2, 0.25) is 0 Å². The standard InChI is InChI=1S/C28H33N3O/c1-18-13-14-31-23(15-18)30-24(26(31)29-20-11-9-8-10-12-20)19-16-21(27(2,3)4)25(32)22(17-19)28(5,6)7/h8-17,29,32H,1-7H3. The molecule has 0 spiro atoms. The van der Waals surface area contributed by atoms with Gasteiger partial charge in [0, 0.05) is 28.6 Å². The number of hydrogen-bond acceptors (Lipinski definition) is 3. The number of rotatable bonds is 3. The van der Waals surface area contributed by atoms with Crippen molar-refractivity contribution in [3.63, 3.8) is 0 Å². The van der Waals surface area contributed by atoms with E-state index in [0.717, 1.165) is 45.1 Å². The summed E-state index contributed by atoms with van der Waals surface area (Å²) >= 11 is 0. The van der Waals surface area contributed by atoms with Crippen molar-refractivity contribution in [2.75, 3.05) is 5.32 Å². The van der Waals surface area contributed by atoms with Crippen LogP contribution in [0.5, 0.6) is 5.75 Å². The van der Waals surface area contributed by atoms with Crippen molar-refractivity contribution in [1.82, 2.24) is 9.38 Å². The summed E-state index contributed by atoms with van der Waals surface area (Å²) in [6.45, 7) is 14.9. The normalized spacial score (nSPS) is 12.3. The number of pyridine rings is 1. The number of aromatic hydroxyl groups is 1. The number of nitrogens with one attached hydrogen (secondary N) is 1. The van der Waals surface area contributed by atoms with E-state index in [2.05, 4.69) is 101 Å². The number of phenols is 1. The molecule has 4 rings (SSSR count). The zero-order valence-electron chi connectivity index (χ0n) is 20.1. The second-order valence-electron chi connectivity index (χ2n) is 10.7. The van der Waals surface area contributed by atoms with Gasteiger partial charge in [-0.1, -0.05) is 59.7 Å². The fourth-order valence-corrected chi connectivity index (χ4v) is 4.04. The molecule has 0 aliphatic heterocycles. The fraction of sp³-hybridized carbons (Fsp3) is 0.321. The Morgan fingerprint density at radius 3 is 2.00 bits per heavy atom. The van der Waals surface area contributed by atoms with Crippen molar-refractivity contribution < 1.29 is 5.11 Å². The number of hydrogen-bond donors (Lipinski definition) is 2. The quantitative estimate of drug-likeness (QED) is 0.359. The molecule has 0 atom stereocenters. The zero-order valence-corrected chi connectivity index (χ0v) is 20.1. The van der Waals surface area contributed by atoms with Crippen molar-refractivity contribution in [1.29, 1.82) is 0 Å². The number of phenolic OH excluding ortho intramolecular Hbond substituents is 1. The lowest BCUT2D eigenvalue weighted by Crippen LogP contribution is -2.17. The molecule has 2 N–H and O–H groups in total. The molecule has 2 heterocycles. The monoisotopic (exact) mass is 427 g/mol. The number of imidazole rings is 1. The molecule has 4 heteroatoms. The van der Waals surface area contributed by atoms with Gasteiger partial charge in [0.1, 0.15) is 22.9 Å². The maximum Gasteiger partial charge on any atom is 0.143 e. The maximum absolute atomic E-state index is 11.2. The first kappa shape index (κ1) is 21.9. The SMILES string of the molecule is Cc1ccn2c(Nc3ccccc3)c(-c3cc(C(C)(C)C)c(O)c(C(C)(C)C)c3)nc2c1. The minimum Gasteiger partial charge on any atom is -0.507 e. The van der Waals surface area contributed by atoms with Gasteiger partial charge in [0.15, 0.2) is 0 Å². The van der Waals surface area contributed by atoms with Crippen molar-refractivity contribution >= 4 is 17.2 Å². The molecule has 0 saturated carbocycles. The van der Waals surface area contributed by atoms with E-state index in [4.69, 9.17) is 4.98 Å². The molecule has 0 unspecified atom stereocenters. The fourth-order valence-electron chi connectivity index (χ4n) is 4.04. The summed E-state index contributed by atoms with van der Waals surface area (Å²) in [5, 5.41) is 14.8. The van der Waals surface area contributed by atoms with Crippen molar-refractivity contribution in [3.8, 4) is 17.0 Å². The van der Waals surface area contributed by atoms with Gasteiger partial charge in [0.25, 0.3) is 0 Å². The summed E-state index contributed by atoms with van der Waals surface area (Å²) in [5.74, 6) is 1.29. The van der Waals surface area contributed by atoms with Crippen LogP contribution in [0.4, 0.5) is 11.5 Å². The van der Waals surface area contributed by atoms with Crippen LogP contribution >= 0.6 is 0 Å². The third kappa shape index (κ3) is 4.10. The Balaban J connectivity index is 2.01. The third-order valence-corrected chi connectivity index (χ3v) is 5.82. The van der Waals surface area contributed by atoms with E-state index < -0.39 is 0 Å². The molecule has 0 aliphatic carbocycles. The first-order chi connectivity index (χ1) is 14.9. The maximum atomic E-state index is 11.2. The molecule has 166 valence electrons. The molecular weight excluding hydrogens is 394 g/mol. The van der Waals surface area contributed by atoms with Gasteiger partial charge in [-0.2, -0.15) is 0 Å². The minimum atomic E-state index is -0.205. The van der Waals surface area contributed by atoms with E-state index in [1.165, 1.54) is 0 Å². The van der Waals surface area contributed by atoms with Crippen molar-refractivity contribution in [2.45, 2.75) is 59.3 Å². The lowest BCUT2D eigenvalue weighted by atomic mass is 9.78. The van der Waals surface area contributed by atoms with Gasteiger partial charge in [0.05, 0.1) is 0 Å². The molecule has 0 amide bonds. The number of fused-ring (bicyclic) bond motifs is 1. The Morgan fingerprint density at radius 1 is 0.844 bits per heavy atom.